The summed E-state index contributed by atoms with van der Waals surface area (Å²) in [7, 11) is 0. The molecular formula is C72H143NO8. The van der Waals surface area contributed by atoms with Gasteiger partial charge in [-0.2, -0.15) is 0 Å². The summed E-state index contributed by atoms with van der Waals surface area (Å²) in [6.45, 7) is 3.91. The SMILES string of the molecule is CCCCCCCCCCCCCCCCCCCCCCCCCCCCCCCCCCC(=O)NC(COC1OC(CO)C(O)C(O)C1O)C(O)CCCCCCCCCCCCCCCCCCCCCCCCCCCC. The number of unbranched alkanes of at least 4 members (excludes halogenated alkanes) is 56. The molecule has 0 aliphatic carbocycles. The van der Waals surface area contributed by atoms with Gasteiger partial charge in [0, 0.05) is 6.42 Å². The van der Waals surface area contributed by atoms with E-state index < -0.39 is 49.5 Å². The molecule has 1 heterocycles. The first kappa shape index (κ1) is 78.2. The van der Waals surface area contributed by atoms with Gasteiger partial charge in [0.1, 0.15) is 24.4 Å². The van der Waals surface area contributed by atoms with E-state index in [0.29, 0.717) is 12.8 Å². The molecule has 0 aromatic heterocycles. The summed E-state index contributed by atoms with van der Waals surface area (Å²) in [5.41, 5.74) is 0. The second-order valence-electron chi connectivity index (χ2n) is 26.1. The first-order chi connectivity index (χ1) is 39.8. The van der Waals surface area contributed by atoms with Crippen molar-refractivity contribution in [2.75, 3.05) is 13.2 Å². The Hall–Kier alpha value is -0.810. The maximum Gasteiger partial charge on any atom is 0.220 e. The lowest BCUT2D eigenvalue weighted by molar-refractivity contribution is -0.302. The Morgan fingerprint density at radius 2 is 0.617 bits per heavy atom. The van der Waals surface area contributed by atoms with Crippen LogP contribution in [-0.2, 0) is 14.3 Å². The summed E-state index contributed by atoms with van der Waals surface area (Å²) in [5.74, 6) is -0.132. The van der Waals surface area contributed by atoms with E-state index in [1.54, 1.807) is 0 Å². The fourth-order valence-electron chi connectivity index (χ4n) is 12.5. The van der Waals surface area contributed by atoms with Gasteiger partial charge in [0.05, 0.1) is 25.4 Å². The van der Waals surface area contributed by atoms with Crippen molar-refractivity contribution < 1.29 is 39.8 Å². The van der Waals surface area contributed by atoms with Gasteiger partial charge in [-0.25, -0.2) is 0 Å². The summed E-state index contributed by atoms with van der Waals surface area (Å²) in [6, 6.07) is -0.715. The maximum atomic E-state index is 13.2. The Morgan fingerprint density at radius 3 is 0.877 bits per heavy atom. The number of ether oxygens (including phenoxy) is 2. The molecule has 0 spiro atoms. The number of aliphatic hydroxyl groups is 5. The van der Waals surface area contributed by atoms with Crippen LogP contribution in [0.25, 0.3) is 0 Å². The number of nitrogens with one attached hydrogen (secondary N) is 1. The molecule has 1 amide bonds. The second-order valence-corrected chi connectivity index (χ2v) is 26.1. The van der Waals surface area contributed by atoms with Crippen molar-refractivity contribution in [1.29, 1.82) is 0 Å². The Kier molecular flexibility index (Phi) is 60.1. The van der Waals surface area contributed by atoms with Crippen LogP contribution in [0, 0.1) is 0 Å². The number of hydrogen-bond acceptors (Lipinski definition) is 8. The first-order valence-electron chi connectivity index (χ1n) is 36.7. The van der Waals surface area contributed by atoms with Crippen LogP contribution in [0.1, 0.15) is 399 Å². The van der Waals surface area contributed by atoms with Gasteiger partial charge < -0.3 is 40.3 Å². The number of carbonyl (C=O) groups is 1. The Bertz CT molecular complexity index is 1240. The highest BCUT2D eigenvalue weighted by Gasteiger charge is 2.44. The highest BCUT2D eigenvalue weighted by atomic mass is 16.7. The first-order valence-corrected chi connectivity index (χ1v) is 36.7. The third kappa shape index (κ3) is 51.0. The van der Waals surface area contributed by atoms with E-state index >= 15 is 0 Å². The average Bonchev–Trinajstić information content (AvgIpc) is 3.51. The summed E-state index contributed by atoms with van der Waals surface area (Å²) >= 11 is 0. The van der Waals surface area contributed by atoms with Gasteiger partial charge in [-0.1, -0.05) is 380 Å². The monoisotopic (exact) mass is 1150 g/mol. The largest absolute Gasteiger partial charge is 0.394 e. The molecule has 6 N–H and O–H groups in total. The van der Waals surface area contributed by atoms with Crippen molar-refractivity contribution in [3.05, 3.63) is 0 Å². The Balaban J connectivity index is 2.07. The molecule has 0 bridgehead atoms. The molecule has 1 aliphatic rings. The summed E-state index contributed by atoms with van der Waals surface area (Å²) in [5, 5.41) is 55.0. The number of hydrogen-bond donors (Lipinski definition) is 6. The summed E-state index contributed by atoms with van der Waals surface area (Å²) in [6.07, 6.45) is 71.9. The van der Waals surface area contributed by atoms with E-state index in [9.17, 15) is 30.3 Å². The molecule has 1 fully saturated rings. The van der Waals surface area contributed by atoms with Crippen LogP contribution in [0.3, 0.4) is 0 Å². The van der Waals surface area contributed by atoms with Crippen LogP contribution in [0.5, 0.6) is 0 Å². The van der Waals surface area contributed by atoms with E-state index in [4.69, 9.17) is 9.47 Å². The van der Waals surface area contributed by atoms with E-state index in [1.165, 1.54) is 334 Å². The molecule has 484 valence electrons. The van der Waals surface area contributed by atoms with E-state index in [0.717, 1.165) is 38.5 Å². The molecule has 0 aromatic rings. The lowest BCUT2D eigenvalue weighted by Gasteiger charge is -2.40. The van der Waals surface area contributed by atoms with Crippen molar-refractivity contribution in [3.8, 4) is 0 Å². The number of carbonyl (C=O) groups excluding carboxylic acids is 1. The van der Waals surface area contributed by atoms with Crippen molar-refractivity contribution in [3.63, 3.8) is 0 Å². The van der Waals surface area contributed by atoms with Gasteiger partial charge in [-0.05, 0) is 12.8 Å². The number of rotatable bonds is 66. The smallest absolute Gasteiger partial charge is 0.220 e. The molecule has 1 aliphatic heterocycles. The Morgan fingerprint density at radius 1 is 0.370 bits per heavy atom. The third-order valence-corrected chi connectivity index (χ3v) is 18.2. The molecule has 1 saturated heterocycles. The van der Waals surface area contributed by atoms with Crippen LogP contribution < -0.4 is 5.32 Å². The topological polar surface area (TPSA) is 149 Å². The molecule has 9 heteroatoms. The lowest BCUT2D eigenvalue weighted by atomic mass is 9.99. The van der Waals surface area contributed by atoms with Crippen molar-refractivity contribution in [2.45, 2.75) is 442 Å². The fourth-order valence-corrected chi connectivity index (χ4v) is 12.5. The van der Waals surface area contributed by atoms with Crippen LogP contribution in [0.15, 0.2) is 0 Å². The molecule has 0 saturated carbocycles. The lowest BCUT2D eigenvalue weighted by Crippen LogP contribution is -2.60. The van der Waals surface area contributed by atoms with Gasteiger partial charge in [0.2, 0.25) is 5.91 Å². The molecule has 1 rings (SSSR count). The van der Waals surface area contributed by atoms with Gasteiger partial charge in [0.15, 0.2) is 6.29 Å². The zero-order valence-corrected chi connectivity index (χ0v) is 54.3. The molecule has 7 atom stereocenters. The fraction of sp³-hybridized carbons (Fsp3) is 0.986. The van der Waals surface area contributed by atoms with Crippen molar-refractivity contribution >= 4 is 5.91 Å². The second kappa shape index (κ2) is 62.2. The summed E-state index contributed by atoms with van der Waals surface area (Å²) in [4.78, 5) is 13.2. The van der Waals surface area contributed by atoms with Gasteiger partial charge in [-0.3, -0.25) is 4.79 Å². The van der Waals surface area contributed by atoms with Crippen LogP contribution in [-0.4, -0.2) is 87.5 Å². The van der Waals surface area contributed by atoms with Crippen LogP contribution in [0.4, 0.5) is 0 Å². The molecular weight excluding hydrogens is 1010 g/mol. The van der Waals surface area contributed by atoms with E-state index in [1.807, 2.05) is 0 Å². The zero-order valence-electron chi connectivity index (χ0n) is 54.3. The van der Waals surface area contributed by atoms with E-state index in [2.05, 4.69) is 19.2 Å². The molecule has 0 radical (unpaired) electrons. The van der Waals surface area contributed by atoms with Gasteiger partial charge in [0.25, 0.3) is 0 Å². The minimum Gasteiger partial charge on any atom is -0.394 e. The minimum atomic E-state index is -1.55. The standard InChI is InChI=1S/C72H143NO8/c1-3-5-7-9-11-13-15-17-19-21-23-25-27-29-31-32-33-34-35-36-38-40-42-44-46-48-50-52-54-56-58-60-62-68(76)73-65(64-80-72-71(79)70(78)69(77)67(63-74)81-72)66(75)61-59-57-55-53-51-49-47-45-43-41-39-37-30-28-26-24-22-20-18-16-14-12-10-8-6-4-2/h65-67,69-72,74-75,77-79H,3-64H2,1-2H3,(H,73,76). The average molecular weight is 1150 g/mol. The highest BCUT2D eigenvalue weighted by molar-refractivity contribution is 5.76. The number of amides is 1. The quantitative estimate of drug-likeness (QED) is 0.0330. The Labute approximate surface area is 504 Å². The molecule has 9 nitrogen and oxygen atoms in total. The van der Waals surface area contributed by atoms with Gasteiger partial charge >= 0.3 is 0 Å². The third-order valence-electron chi connectivity index (χ3n) is 18.2. The van der Waals surface area contributed by atoms with Gasteiger partial charge in [-0.15, -0.1) is 0 Å². The molecule has 7 unspecified atom stereocenters. The zero-order chi connectivity index (χ0) is 58.6. The van der Waals surface area contributed by atoms with Crippen LogP contribution >= 0.6 is 0 Å². The van der Waals surface area contributed by atoms with Crippen molar-refractivity contribution in [2.24, 2.45) is 0 Å². The molecule has 0 aromatic carbocycles. The predicted molar refractivity (Wildman–Crippen MR) is 346 cm³/mol. The summed E-state index contributed by atoms with van der Waals surface area (Å²) < 4.78 is 11.4. The predicted octanol–water partition coefficient (Wildman–Crippen LogP) is 20.1. The minimum absolute atomic E-state index is 0.130. The highest BCUT2D eigenvalue weighted by Crippen LogP contribution is 2.24. The molecule has 81 heavy (non-hydrogen) atoms. The maximum absolute atomic E-state index is 13.2. The normalized spacial score (nSPS) is 18.2. The van der Waals surface area contributed by atoms with E-state index in [-0.39, 0.29) is 12.5 Å². The number of aliphatic hydroxyl groups excluding tert-OH is 5. The van der Waals surface area contributed by atoms with Crippen LogP contribution in [0.2, 0.25) is 0 Å². The van der Waals surface area contributed by atoms with Crippen molar-refractivity contribution in [1.82, 2.24) is 5.32 Å².